The molecule has 0 amide bonds. The quantitative estimate of drug-likeness (QED) is 0.592. The molecule has 1 atom stereocenters. The van der Waals surface area contributed by atoms with Crippen LogP contribution in [0.15, 0.2) is 27.2 Å². The molecule has 0 spiro atoms. The summed E-state index contributed by atoms with van der Waals surface area (Å²) < 4.78 is 11.8. The summed E-state index contributed by atoms with van der Waals surface area (Å²) in [5.41, 5.74) is 2.38. The van der Waals surface area contributed by atoms with Gasteiger partial charge in [-0.15, -0.1) is 0 Å². The summed E-state index contributed by atoms with van der Waals surface area (Å²) in [7, 11) is 0. The lowest BCUT2D eigenvalue weighted by molar-refractivity contribution is -0.149. The van der Waals surface area contributed by atoms with E-state index in [2.05, 4.69) is 32.1 Å². The Balaban J connectivity index is 1.65. The zero-order valence-electron chi connectivity index (χ0n) is 13.0. The van der Waals surface area contributed by atoms with E-state index in [1.165, 1.54) is 5.56 Å². The molecule has 0 saturated carbocycles. The fourth-order valence-electron chi connectivity index (χ4n) is 2.92. The topological polar surface area (TPSA) is 65.2 Å². The minimum absolute atomic E-state index is 0.165. The van der Waals surface area contributed by atoms with E-state index in [0.29, 0.717) is 18.1 Å². The zero-order valence-corrected chi connectivity index (χ0v) is 14.6. The van der Waals surface area contributed by atoms with Gasteiger partial charge in [-0.1, -0.05) is 33.2 Å². The highest BCUT2D eigenvalue weighted by Crippen LogP contribution is 2.35. The van der Waals surface area contributed by atoms with Gasteiger partial charge in [-0.05, 0) is 49.8 Å². The number of fused-ring (bicyclic) bond motifs is 1. The van der Waals surface area contributed by atoms with Crippen LogP contribution >= 0.6 is 15.9 Å². The predicted molar refractivity (Wildman–Crippen MR) is 87.9 cm³/mol. The molecule has 0 N–H and O–H groups in total. The normalized spacial score (nSPS) is 17.4. The van der Waals surface area contributed by atoms with Gasteiger partial charge in [-0.25, -0.2) is 0 Å². The highest BCUT2D eigenvalue weighted by molar-refractivity contribution is 9.10. The van der Waals surface area contributed by atoms with E-state index in [-0.39, 0.29) is 18.5 Å². The summed E-state index contributed by atoms with van der Waals surface area (Å²) in [5, 5.41) is 3.72. The Labute approximate surface area is 143 Å². The van der Waals surface area contributed by atoms with Crippen LogP contribution in [0.5, 0.6) is 0 Å². The van der Waals surface area contributed by atoms with Crippen LogP contribution in [-0.4, -0.2) is 16.1 Å². The zero-order chi connectivity index (χ0) is 16.2. The number of ether oxygens (including phenoxy) is 1. The van der Waals surface area contributed by atoms with Gasteiger partial charge in [0.25, 0.3) is 0 Å². The lowest BCUT2D eigenvalue weighted by Gasteiger charge is -2.19. The molecule has 0 radical (unpaired) electrons. The van der Waals surface area contributed by atoms with Crippen molar-refractivity contribution in [2.45, 2.75) is 51.6 Å². The number of carbonyl (C=O) groups is 1. The van der Waals surface area contributed by atoms with Crippen LogP contribution in [0.1, 0.15) is 54.6 Å². The number of aryl methyl sites for hydroxylation is 2. The molecule has 6 heteroatoms. The first-order chi connectivity index (χ1) is 11.1. The van der Waals surface area contributed by atoms with Gasteiger partial charge in [0.1, 0.15) is 6.10 Å². The number of rotatable bonds is 4. The number of aromatic nitrogens is 2. The fraction of sp³-hybridized carbons (Fsp3) is 0.471. The Bertz CT molecular complexity index is 699. The molecule has 1 aromatic heterocycles. The van der Waals surface area contributed by atoms with E-state index < -0.39 is 0 Å². The first-order valence-corrected chi connectivity index (χ1v) is 8.69. The molecular weight excluding hydrogens is 360 g/mol. The Hall–Kier alpha value is -1.69. The van der Waals surface area contributed by atoms with E-state index in [9.17, 15) is 4.79 Å². The standard InChI is InChI=1S/C17H19BrN2O3/c1-11-19-16(23-20-11)9-10-17(21)22-15-8-3-2-5-12-13(15)6-4-7-14(12)18/h4,6-7,15H,2-3,5,8-10H2,1H3/t15-/m0/s1. The number of carbonyl (C=O) groups excluding carboxylic acids is 1. The number of hydrogen-bond donors (Lipinski definition) is 0. The Morgan fingerprint density at radius 2 is 2.30 bits per heavy atom. The SMILES string of the molecule is Cc1noc(CCC(=O)O[C@H]2CCCCc3c(Br)cccc32)n1. The number of benzene rings is 1. The van der Waals surface area contributed by atoms with Gasteiger partial charge in [0, 0.05) is 10.9 Å². The van der Waals surface area contributed by atoms with Gasteiger partial charge in [-0.2, -0.15) is 4.98 Å². The molecule has 1 aliphatic rings. The maximum atomic E-state index is 12.2. The Morgan fingerprint density at radius 1 is 1.43 bits per heavy atom. The van der Waals surface area contributed by atoms with Crippen LogP contribution in [0.25, 0.3) is 0 Å². The van der Waals surface area contributed by atoms with Crippen LogP contribution in [0.2, 0.25) is 0 Å². The lowest BCUT2D eigenvalue weighted by atomic mass is 10.0. The molecule has 3 rings (SSSR count). The van der Waals surface area contributed by atoms with Gasteiger partial charge >= 0.3 is 5.97 Å². The molecule has 0 saturated heterocycles. The highest BCUT2D eigenvalue weighted by atomic mass is 79.9. The van der Waals surface area contributed by atoms with Gasteiger partial charge in [0.2, 0.25) is 5.89 Å². The van der Waals surface area contributed by atoms with Crippen LogP contribution in [0.4, 0.5) is 0 Å². The van der Waals surface area contributed by atoms with Crippen molar-refractivity contribution < 1.29 is 14.1 Å². The van der Waals surface area contributed by atoms with Crippen molar-refractivity contribution in [3.8, 4) is 0 Å². The predicted octanol–water partition coefficient (Wildman–Crippen LogP) is 4.08. The van der Waals surface area contributed by atoms with Crippen molar-refractivity contribution in [1.82, 2.24) is 10.1 Å². The minimum atomic E-state index is -0.223. The van der Waals surface area contributed by atoms with E-state index in [1.54, 1.807) is 6.92 Å². The van der Waals surface area contributed by atoms with E-state index in [0.717, 1.165) is 35.7 Å². The molecule has 0 unspecified atom stereocenters. The Morgan fingerprint density at radius 3 is 3.09 bits per heavy atom. The average Bonchev–Trinajstić information content (AvgIpc) is 2.83. The third-order valence-electron chi connectivity index (χ3n) is 4.03. The minimum Gasteiger partial charge on any atom is -0.457 e. The first kappa shape index (κ1) is 16.2. The maximum Gasteiger partial charge on any atom is 0.306 e. The van der Waals surface area contributed by atoms with Crippen LogP contribution in [0.3, 0.4) is 0 Å². The van der Waals surface area contributed by atoms with Crippen LogP contribution in [-0.2, 0) is 22.4 Å². The van der Waals surface area contributed by atoms with Crippen molar-refractivity contribution in [3.05, 3.63) is 45.5 Å². The van der Waals surface area contributed by atoms with Gasteiger partial charge in [-0.3, -0.25) is 4.79 Å². The van der Waals surface area contributed by atoms with Gasteiger partial charge in [0.05, 0.1) is 6.42 Å². The second-order valence-electron chi connectivity index (χ2n) is 5.77. The summed E-state index contributed by atoms with van der Waals surface area (Å²) >= 11 is 3.61. The molecule has 1 aromatic carbocycles. The van der Waals surface area contributed by atoms with Gasteiger partial charge in [0.15, 0.2) is 5.82 Å². The molecule has 2 aromatic rings. The average molecular weight is 379 g/mol. The second kappa shape index (κ2) is 7.25. The smallest absolute Gasteiger partial charge is 0.306 e. The largest absolute Gasteiger partial charge is 0.457 e. The number of esters is 1. The van der Waals surface area contributed by atoms with Crippen molar-refractivity contribution >= 4 is 21.9 Å². The van der Waals surface area contributed by atoms with E-state index in [1.807, 2.05) is 12.1 Å². The Kier molecular flexibility index (Phi) is 5.10. The van der Waals surface area contributed by atoms with Crippen molar-refractivity contribution in [2.75, 3.05) is 0 Å². The number of hydrogen-bond acceptors (Lipinski definition) is 5. The monoisotopic (exact) mass is 378 g/mol. The third-order valence-corrected chi connectivity index (χ3v) is 4.77. The molecule has 23 heavy (non-hydrogen) atoms. The molecule has 122 valence electrons. The maximum absolute atomic E-state index is 12.2. The van der Waals surface area contributed by atoms with Gasteiger partial charge < -0.3 is 9.26 Å². The summed E-state index contributed by atoms with van der Waals surface area (Å²) in [4.78, 5) is 16.3. The molecule has 0 bridgehead atoms. The van der Waals surface area contributed by atoms with Crippen LogP contribution < -0.4 is 0 Å². The third kappa shape index (κ3) is 3.99. The van der Waals surface area contributed by atoms with Crippen molar-refractivity contribution in [1.29, 1.82) is 0 Å². The van der Waals surface area contributed by atoms with E-state index in [4.69, 9.17) is 9.26 Å². The highest BCUT2D eigenvalue weighted by Gasteiger charge is 2.23. The second-order valence-corrected chi connectivity index (χ2v) is 6.62. The molecule has 5 nitrogen and oxygen atoms in total. The summed E-state index contributed by atoms with van der Waals surface area (Å²) in [6, 6.07) is 6.10. The molecule has 1 aliphatic carbocycles. The number of halogens is 1. The summed E-state index contributed by atoms with van der Waals surface area (Å²) in [6.07, 6.45) is 4.56. The summed E-state index contributed by atoms with van der Waals surface area (Å²) in [6.45, 7) is 1.76. The summed E-state index contributed by atoms with van der Waals surface area (Å²) in [5.74, 6) is 0.832. The first-order valence-electron chi connectivity index (χ1n) is 7.89. The molecular formula is C17H19BrN2O3. The van der Waals surface area contributed by atoms with E-state index >= 15 is 0 Å². The van der Waals surface area contributed by atoms with Crippen LogP contribution in [0, 0.1) is 6.92 Å². The lowest BCUT2D eigenvalue weighted by Crippen LogP contribution is -2.13. The molecule has 0 aliphatic heterocycles. The fourth-order valence-corrected chi connectivity index (χ4v) is 3.50. The van der Waals surface area contributed by atoms with Crippen molar-refractivity contribution in [3.63, 3.8) is 0 Å². The van der Waals surface area contributed by atoms with Crippen molar-refractivity contribution in [2.24, 2.45) is 0 Å². The molecule has 1 heterocycles. The number of nitrogens with zero attached hydrogens (tertiary/aromatic N) is 2. The molecule has 0 fully saturated rings.